The topological polar surface area (TPSA) is 119 Å². The maximum absolute atomic E-state index is 12.7. The molecular weight excluding hydrogens is 334 g/mol. The van der Waals surface area contributed by atoms with Gasteiger partial charge in [0.15, 0.2) is 11.5 Å². The zero-order valence-electron chi connectivity index (χ0n) is 12.6. The van der Waals surface area contributed by atoms with Crippen molar-refractivity contribution in [3.63, 3.8) is 0 Å². The number of hydrazine groups is 1. The molecule has 126 valence electrons. The molecule has 2 aromatic rings. The Morgan fingerprint density at radius 1 is 1.12 bits per heavy atom. The number of carbonyl (C=O) groups excluding carboxylic acids is 1. The molecule has 4 N–H and O–H groups in total. The number of benzene rings is 2. The number of aromatic hydroxyl groups is 2. The van der Waals surface area contributed by atoms with Gasteiger partial charge >= 0.3 is 0 Å². The molecule has 24 heavy (non-hydrogen) atoms. The molecule has 1 aliphatic rings. The Morgan fingerprint density at radius 3 is 2.50 bits per heavy atom. The SMILES string of the molecule is CS(=O)(=O)NN1C(=O)c2ccccc2N[C@@H]1c1ccc(O)c(O)c1. The fourth-order valence-electron chi connectivity index (χ4n) is 2.47. The van der Waals surface area contributed by atoms with E-state index in [1.807, 2.05) is 0 Å². The number of amides is 1. The second-order valence-electron chi connectivity index (χ2n) is 5.38. The molecule has 0 aliphatic carbocycles. The van der Waals surface area contributed by atoms with Gasteiger partial charge in [-0.25, -0.2) is 13.4 Å². The summed E-state index contributed by atoms with van der Waals surface area (Å²) in [6.45, 7) is 0. The van der Waals surface area contributed by atoms with E-state index in [0.29, 0.717) is 16.8 Å². The van der Waals surface area contributed by atoms with Gasteiger partial charge < -0.3 is 15.5 Å². The van der Waals surface area contributed by atoms with Gasteiger partial charge in [0.25, 0.3) is 5.91 Å². The molecule has 1 amide bonds. The van der Waals surface area contributed by atoms with E-state index >= 15 is 0 Å². The summed E-state index contributed by atoms with van der Waals surface area (Å²) in [5, 5.41) is 23.1. The summed E-state index contributed by atoms with van der Waals surface area (Å²) in [5.41, 5.74) is 1.24. The number of nitrogens with one attached hydrogen (secondary N) is 2. The number of rotatable bonds is 3. The van der Waals surface area contributed by atoms with Crippen LogP contribution in [0.25, 0.3) is 0 Å². The largest absolute Gasteiger partial charge is 0.504 e. The Labute approximate surface area is 138 Å². The summed E-state index contributed by atoms with van der Waals surface area (Å²) in [6.07, 6.45) is 0.0419. The standard InChI is InChI=1S/C15H15N3O5S/c1-24(22,23)17-18-14(9-6-7-12(19)13(20)8-9)16-11-5-3-2-4-10(11)15(18)21/h2-8,14,16-17,19-20H,1H3/t14-/m0/s1. The Bertz CT molecular complexity index is 913. The van der Waals surface area contributed by atoms with E-state index in [4.69, 9.17) is 0 Å². The highest BCUT2D eigenvalue weighted by atomic mass is 32.2. The molecule has 1 heterocycles. The van der Waals surface area contributed by atoms with Crippen molar-refractivity contribution >= 4 is 21.6 Å². The van der Waals surface area contributed by atoms with Gasteiger partial charge in [-0.2, -0.15) is 0 Å². The zero-order valence-corrected chi connectivity index (χ0v) is 13.4. The van der Waals surface area contributed by atoms with Crippen LogP contribution in [0.3, 0.4) is 0 Å². The molecule has 0 fully saturated rings. The molecule has 0 spiro atoms. The van der Waals surface area contributed by atoms with Crippen LogP contribution in [0.15, 0.2) is 42.5 Å². The molecule has 9 heteroatoms. The van der Waals surface area contributed by atoms with E-state index in [-0.39, 0.29) is 11.5 Å². The minimum absolute atomic E-state index is 0.313. The first kappa shape index (κ1) is 16.1. The van der Waals surface area contributed by atoms with Crippen molar-refractivity contribution < 1.29 is 23.4 Å². The van der Waals surface area contributed by atoms with E-state index in [2.05, 4.69) is 10.1 Å². The molecule has 0 bridgehead atoms. The van der Waals surface area contributed by atoms with E-state index in [0.717, 1.165) is 11.3 Å². The Balaban J connectivity index is 2.10. The van der Waals surface area contributed by atoms with E-state index in [9.17, 15) is 23.4 Å². The van der Waals surface area contributed by atoms with Crippen LogP contribution in [0, 0.1) is 0 Å². The normalized spacial score (nSPS) is 17.3. The lowest BCUT2D eigenvalue weighted by Gasteiger charge is -2.37. The molecule has 2 aromatic carbocycles. The number of nitrogens with zero attached hydrogens (tertiary/aromatic N) is 1. The number of phenols is 2. The molecule has 0 unspecified atom stereocenters. The first-order valence-electron chi connectivity index (χ1n) is 6.95. The Kier molecular flexibility index (Phi) is 3.82. The minimum Gasteiger partial charge on any atom is -0.504 e. The number of anilines is 1. The molecule has 8 nitrogen and oxygen atoms in total. The maximum atomic E-state index is 12.7. The highest BCUT2D eigenvalue weighted by molar-refractivity contribution is 7.88. The molecule has 3 rings (SSSR count). The van der Waals surface area contributed by atoms with Crippen molar-refractivity contribution in [2.24, 2.45) is 0 Å². The van der Waals surface area contributed by atoms with Crippen molar-refractivity contribution in [3.05, 3.63) is 53.6 Å². The first-order valence-corrected chi connectivity index (χ1v) is 8.84. The van der Waals surface area contributed by atoms with E-state index < -0.39 is 22.1 Å². The third-order valence-electron chi connectivity index (χ3n) is 3.51. The molecule has 1 aliphatic heterocycles. The Morgan fingerprint density at radius 2 is 1.83 bits per heavy atom. The van der Waals surface area contributed by atoms with Gasteiger partial charge in [0.1, 0.15) is 6.17 Å². The lowest BCUT2D eigenvalue weighted by molar-refractivity contribution is 0.0633. The number of hydrogen-bond donors (Lipinski definition) is 4. The lowest BCUT2D eigenvalue weighted by atomic mass is 10.0. The highest BCUT2D eigenvalue weighted by Crippen LogP contribution is 2.35. The fourth-order valence-corrected chi connectivity index (χ4v) is 3.02. The van der Waals surface area contributed by atoms with E-state index in [1.165, 1.54) is 18.2 Å². The zero-order chi connectivity index (χ0) is 17.5. The minimum atomic E-state index is -3.72. The molecule has 0 saturated carbocycles. The average molecular weight is 349 g/mol. The second kappa shape index (κ2) is 5.69. The van der Waals surface area contributed by atoms with Crippen LogP contribution in [0.4, 0.5) is 5.69 Å². The summed E-state index contributed by atoms with van der Waals surface area (Å²) in [7, 11) is -3.72. The van der Waals surface area contributed by atoms with Crippen LogP contribution >= 0.6 is 0 Å². The van der Waals surface area contributed by atoms with Gasteiger partial charge in [0.05, 0.1) is 11.8 Å². The summed E-state index contributed by atoms with van der Waals surface area (Å²) in [4.78, 5) is 14.9. The first-order chi connectivity index (χ1) is 11.3. The van der Waals surface area contributed by atoms with Crippen molar-refractivity contribution in [2.75, 3.05) is 11.6 Å². The monoisotopic (exact) mass is 349 g/mol. The van der Waals surface area contributed by atoms with Crippen LogP contribution in [-0.4, -0.2) is 35.8 Å². The van der Waals surface area contributed by atoms with Crippen LogP contribution < -0.4 is 10.1 Å². The lowest BCUT2D eigenvalue weighted by Crippen LogP contribution is -2.52. The second-order valence-corrected chi connectivity index (χ2v) is 7.11. The number of phenolic OH excluding ortho intramolecular Hbond substituents is 2. The van der Waals surface area contributed by atoms with Crippen LogP contribution in [0.5, 0.6) is 11.5 Å². The van der Waals surface area contributed by atoms with Gasteiger partial charge in [-0.05, 0) is 29.8 Å². The quantitative estimate of drug-likeness (QED) is 0.617. The van der Waals surface area contributed by atoms with Crippen LogP contribution in [-0.2, 0) is 10.0 Å². The van der Waals surface area contributed by atoms with Gasteiger partial charge in [-0.3, -0.25) is 4.79 Å². The summed E-state index contributed by atoms with van der Waals surface area (Å²) in [5.74, 6) is -1.23. The smallest absolute Gasteiger partial charge is 0.273 e. The van der Waals surface area contributed by atoms with E-state index in [1.54, 1.807) is 24.3 Å². The van der Waals surface area contributed by atoms with Crippen molar-refractivity contribution in [2.45, 2.75) is 6.17 Å². The molecule has 0 radical (unpaired) electrons. The molecule has 0 aromatic heterocycles. The van der Waals surface area contributed by atoms with Gasteiger partial charge in [-0.1, -0.05) is 18.2 Å². The number of hydrogen-bond acceptors (Lipinski definition) is 6. The Hall–Kier alpha value is -2.78. The summed E-state index contributed by atoms with van der Waals surface area (Å²) >= 11 is 0. The number of para-hydroxylation sites is 1. The molecule has 1 atom stereocenters. The van der Waals surface area contributed by atoms with Crippen molar-refractivity contribution in [1.29, 1.82) is 0 Å². The predicted octanol–water partition coefficient (Wildman–Crippen LogP) is 1.13. The third kappa shape index (κ3) is 2.99. The maximum Gasteiger partial charge on any atom is 0.273 e. The molecule has 0 saturated heterocycles. The number of sulfonamides is 1. The highest BCUT2D eigenvalue weighted by Gasteiger charge is 2.35. The van der Waals surface area contributed by atoms with Crippen LogP contribution in [0.2, 0.25) is 0 Å². The number of carbonyl (C=O) groups is 1. The van der Waals surface area contributed by atoms with Crippen LogP contribution in [0.1, 0.15) is 22.1 Å². The fraction of sp³-hybridized carbons (Fsp3) is 0.133. The predicted molar refractivity (Wildman–Crippen MR) is 86.7 cm³/mol. The van der Waals surface area contributed by atoms with Crippen molar-refractivity contribution in [3.8, 4) is 11.5 Å². The average Bonchev–Trinajstić information content (AvgIpc) is 2.52. The third-order valence-corrected chi connectivity index (χ3v) is 4.03. The van der Waals surface area contributed by atoms with Gasteiger partial charge in [0.2, 0.25) is 10.0 Å². The summed E-state index contributed by atoms with van der Waals surface area (Å²) in [6, 6.07) is 10.7. The molecular formula is C15H15N3O5S. The number of fused-ring (bicyclic) bond motifs is 1. The van der Waals surface area contributed by atoms with Gasteiger partial charge in [-0.15, -0.1) is 4.83 Å². The van der Waals surface area contributed by atoms with Crippen molar-refractivity contribution in [1.82, 2.24) is 9.84 Å². The van der Waals surface area contributed by atoms with Gasteiger partial charge in [0, 0.05) is 5.69 Å². The summed E-state index contributed by atoms with van der Waals surface area (Å²) < 4.78 is 23.3.